The molecule has 2 saturated heterocycles. The summed E-state index contributed by atoms with van der Waals surface area (Å²) in [4.78, 5) is 66.1. The number of aromatic nitrogens is 2. The molecule has 12 heteroatoms. The Bertz CT molecular complexity index is 2360. The van der Waals surface area contributed by atoms with Gasteiger partial charge >= 0.3 is 12.2 Å². The lowest BCUT2D eigenvalue weighted by Crippen LogP contribution is -2.52. The fourth-order valence-electron chi connectivity index (χ4n) is 9.52. The number of H-pyrrole nitrogens is 2. The largest absolute Gasteiger partial charge is 0.445 e. The fourth-order valence-corrected chi connectivity index (χ4v) is 9.52. The van der Waals surface area contributed by atoms with Crippen LogP contribution in [0.4, 0.5) is 9.59 Å². The Kier molecular flexibility index (Phi) is 14.3. The van der Waals surface area contributed by atoms with Crippen LogP contribution in [0.5, 0.6) is 0 Å². The number of nitrogens with one attached hydrogen (secondary N) is 4. The predicted octanol–water partition coefficient (Wildman–Crippen LogP) is 9.57. The molecule has 0 unspecified atom stereocenters. The summed E-state index contributed by atoms with van der Waals surface area (Å²) >= 11 is 0. The molecule has 2 aliphatic heterocycles. The smallest absolute Gasteiger partial charge is 0.408 e. The lowest BCUT2D eigenvalue weighted by molar-refractivity contribution is -0.137. The van der Waals surface area contributed by atoms with Gasteiger partial charge in [-0.1, -0.05) is 123 Å². The lowest BCUT2D eigenvalue weighted by atomic mass is 9.96. The van der Waals surface area contributed by atoms with E-state index in [0.29, 0.717) is 38.8 Å². The molecule has 0 spiro atoms. The first kappa shape index (κ1) is 44.1. The molecule has 6 aromatic rings. The minimum atomic E-state index is -0.683. The molecule has 0 aliphatic carbocycles. The summed E-state index contributed by atoms with van der Waals surface area (Å²) in [6, 6.07) is 34.1. The standard InChI is InChI=1S/C52H60N6O6/c1-35-17-9-13-27-45(55-51(61)63-33-37-19-5-3-6-20-37)49(59)57(35)31-29-41-39-23-11-15-25-43(39)53-47(41)48-42(40-24-12-16-26-44(40)54-48)30-32-58-36(2)18-10-14-28-46(50(58)60)56-52(62)64-34-38-21-7-4-8-22-38/h3-8,11-12,15-16,19-26,35-36,45-46,53-54H,9-10,13-14,17-18,27-34H2,1-2H3,(H,55,61)(H,56,62)/t35-,36-,45+,46+/m1/s1. The number of ether oxygens (including phenoxy) is 2. The highest BCUT2D eigenvalue weighted by Crippen LogP contribution is 2.37. The zero-order valence-corrected chi connectivity index (χ0v) is 36.9. The minimum Gasteiger partial charge on any atom is -0.445 e. The number of fused-ring (bicyclic) bond motifs is 2. The lowest BCUT2D eigenvalue weighted by Gasteiger charge is -2.35. The molecule has 2 aliphatic rings. The molecule has 4 heterocycles. The van der Waals surface area contributed by atoms with E-state index < -0.39 is 24.3 Å². The number of alkyl carbamates (subject to hydrolysis) is 2. The van der Waals surface area contributed by atoms with Crippen LogP contribution in [0.1, 0.15) is 87.5 Å². The van der Waals surface area contributed by atoms with E-state index in [1.807, 2.05) is 94.7 Å². The second kappa shape index (κ2) is 20.7. The van der Waals surface area contributed by atoms with E-state index in [9.17, 15) is 19.2 Å². The molecule has 4 aromatic carbocycles. The number of carbonyl (C=O) groups excluding carboxylic acids is 4. The van der Waals surface area contributed by atoms with Crippen molar-refractivity contribution in [2.75, 3.05) is 13.1 Å². The Morgan fingerprint density at radius 2 is 0.922 bits per heavy atom. The van der Waals surface area contributed by atoms with Crippen LogP contribution >= 0.6 is 0 Å². The molecule has 4 atom stereocenters. The number of hydrogen-bond acceptors (Lipinski definition) is 6. The summed E-state index contributed by atoms with van der Waals surface area (Å²) in [5, 5.41) is 7.95. The van der Waals surface area contributed by atoms with Gasteiger partial charge in [0.15, 0.2) is 0 Å². The third-order valence-electron chi connectivity index (χ3n) is 13.0. The summed E-state index contributed by atoms with van der Waals surface area (Å²) in [5.74, 6) is -0.193. The average Bonchev–Trinajstić information content (AvgIpc) is 3.87. The van der Waals surface area contributed by atoms with Gasteiger partial charge in [-0.25, -0.2) is 9.59 Å². The predicted molar refractivity (Wildman–Crippen MR) is 249 cm³/mol. The number of amides is 4. The number of likely N-dealkylation sites (tertiary alicyclic amines) is 2. The molecule has 2 fully saturated rings. The van der Waals surface area contributed by atoms with Crippen molar-refractivity contribution in [2.24, 2.45) is 0 Å². The van der Waals surface area contributed by atoms with Crippen molar-refractivity contribution in [2.45, 2.75) is 115 Å². The molecule has 0 bridgehead atoms. The van der Waals surface area contributed by atoms with E-state index in [0.717, 1.165) is 94.0 Å². The van der Waals surface area contributed by atoms with Crippen LogP contribution in [0.25, 0.3) is 33.2 Å². The van der Waals surface area contributed by atoms with Gasteiger partial charge in [0.05, 0.1) is 11.4 Å². The summed E-state index contributed by atoms with van der Waals surface area (Å²) in [5.41, 5.74) is 7.82. The van der Waals surface area contributed by atoms with Crippen LogP contribution in [-0.2, 0) is 45.1 Å². The second-order valence-corrected chi connectivity index (χ2v) is 17.4. The van der Waals surface area contributed by atoms with Crippen LogP contribution in [0.15, 0.2) is 109 Å². The van der Waals surface area contributed by atoms with E-state index in [1.54, 1.807) is 0 Å². The number of rotatable bonds is 13. The zero-order chi connectivity index (χ0) is 44.4. The van der Waals surface area contributed by atoms with Crippen LogP contribution < -0.4 is 10.6 Å². The Morgan fingerprint density at radius 3 is 1.34 bits per heavy atom. The highest BCUT2D eigenvalue weighted by Gasteiger charge is 2.33. The summed E-state index contributed by atoms with van der Waals surface area (Å²) in [6.45, 7) is 5.38. The van der Waals surface area contributed by atoms with Crippen molar-refractivity contribution in [3.05, 3.63) is 131 Å². The van der Waals surface area contributed by atoms with Crippen LogP contribution in [0.3, 0.4) is 0 Å². The molecular weight excluding hydrogens is 805 g/mol. The Labute approximate surface area is 375 Å². The Morgan fingerprint density at radius 1 is 0.547 bits per heavy atom. The minimum absolute atomic E-state index is 0.0175. The van der Waals surface area contributed by atoms with E-state index in [1.165, 1.54) is 0 Å². The van der Waals surface area contributed by atoms with Crippen LogP contribution in [-0.4, -0.2) is 81.0 Å². The molecule has 0 saturated carbocycles. The molecule has 4 amide bonds. The van der Waals surface area contributed by atoms with Gasteiger partial charge in [-0.3, -0.25) is 9.59 Å². The van der Waals surface area contributed by atoms with E-state index in [4.69, 9.17) is 9.47 Å². The number of nitrogens with zero attached hydrogens (tertiary/aromatic N) is 2. The molecule has 334 valence electrons. The van der Waals surface area contributed by atoms with Gasteiger partial charge in [0.25, 0.3) is 0 Å². The summed E-state index contributed by atoms with van der Waals surface area (Å²) in [7, 11) is 0. The summed E-state index contributed by atoms with van der Waals surface area (Å²) < 4.78 is 11.1. The van der Waals surface area contributed by atoms with E-state index in [2.05, 4.69) is 58.7 Å². The molecule has 0 radical (unpaired) electrons. The second-order valence-electron chi connectivity index (χ2n) is 17.4. The van der Waals surface area contributed by atoms with Crippen molar-refractivity contribution >= 4 is 45.8 Å². The number of carbonyl (C=O) groups is 4. The molecule has 8 rings (SSSR count). The van der Waals surface area contributed by atoms with Crippen molar-refractivity contribution in [1.29, 1.82) is 0 Å². The Hall–Kier alpha value is -6.56. The maximum Gasteiger partial charge on any atom is 0.408 e. The molecule has 2 aromatic heterocycles. The molecule has 12 nitrogen and oxygen atoms in total. The normalized spacial score (nSPS) is 19.7. The van der Waals surface area contributed by atoms with Gasteiger partial charge in [0.2, 0.25) is 11.8 Å². The molecule has 4 N–H and O–H groups in total. The number of para-hydroxylation sites is 2. The first-order chi connectivity index (χ1) is 31.2. The van der Waals surface area contributed by atoms with Gasteiger partial charge < -0.3 is 39.9 Å². The summed E-state index contributed by atoms with van der Waals surface area (Å²) in [6.07, 6.45) is 6.38. The highest BCUT2D eigenvalue weighted by molar-refractivity contribution is 5.96. The maximum absolute atomic E-state index is 14.4. The molecular formula is C52H60N6O6. The van der Waals surface area contributed by atoms with Crippen molar-refractivity contribution in [1.82, 2.24) is 30.4 Å². The van der Waals surface area contributed by atoms with E-state index >= 15 is 0 Å². The van der Waals surface area contributed by atoms with Gasteiger partial charge in [-0.15, -0.1) is 0 Å². The van der Waals surface area contributed by atoms with Crippen LogP contribution in [0, 0.1) is 0 Å². The van der Waals surface area contributed by atoms with E-state index in [-0.39, 0.29) is 37.1 Å². The van der Waals surface area contributed by atoms with Gasteiger partial charge in [0, 0.05) is 47.0 Å². The van der Waals surface area contributed by atoms with Crippen LogP contribution in [0.2, 0.25) is 0 Å². The maximum atomic E-state index is 14.4. The van der Waals surface area contributed by atoms with Crippen molar-refractivity contribution < 1.29 is 28.7 Å². The first-order valence-corrected chi connectivity index (χ1v) is 23.0. The molecule has 64 heavy (non-hydrogen) atoms. The van der Waals surface area contributed by atoms with Gasteiger partial charge in [-0.05, 0) is 86.8 Å². The van der Waals surface area contributed by atoms with Gasteiger partial charge in [-0.2, -0.15) is 0 Å². The monoisotopic (exact) mass is 864 g/mol. The van der Waals surface area contributed by atoms with Gasteiger partial charge in [0.1, 0.15) is 25.3 Å². The quantitative estimate of drug-likeness (QED) is 0.0909. The van der Waals surface area contributed by atoms with Crippen molar-refractivity contribution in [3.8, 4) is 11.4 Å². The SMILES string of the molecule is C[C@@H]1CCCC[C@H](NC(=O)OCc2ccccc2)C(=O)N1CCc1c(-c2[nH]c3ccccc3c2CCN2C(=O)[C@@H](NC(=O)OCc3ccccc3)CCCC[C@H]2C)[nH]c2ccccc12. The highest BCUT2D eigenvalue weighted by atomic mass is 16.6. The number of hydrogen-bond donors (Lipinski definition) is 4. The number of aromatic amines is 2. The fraction of sp³-hybridized carbons (Fsp3) is 0.385. The zero-order valence-electron chi connectivity index (χ0n) is 36.9. The third kappa shape index (κ3) is 10.4. The van der Waals surface area contributed by atoms with Crippen molar-refractivity contribution in [3.63, 3.8) is 0 Å². The topological polar surface area (TPSA) is 149 Å². The third-order valence-corrected chi connectivity index (χ3v) is 13.0. The average molecular weight is 865 g/mol. The first-order valence-electron chi connectivity index (χ1n) is 23.0. The number of benzene rings is 4. The Balaban J connectivity index is 1.03.